The number of likely N-dealkylation sites (N-methyl/N-ethyl adjacent to an activating group) is 1. The molecular weight excluding hydrogens is 186 g/mol. The molecule has 0 radical (unpaired) electrons. The molecule has 0 aromatic rings. The molecule has 3 N–H and O–H groups in total. The second-order valence-electron chi connectivity index (χ2n) is 3.64. The molecule has 0 aromatic carbocycles. The monoisotopic (exact) mass is 211 g/mol. The van der Waals surface area contributed by atoms with Gasteiger partial charge in [0.25, 0.3) is 0 Å². The van der Waals surface area contributed by atoms with Crippen molar-refractivity contribution < 1.29 is 0 Å². The van der Waals surface area contributed by atoms with E-state index in [-0.39, 0.29) is 0 Å². The second-order valence-corrected chi connectivity index (χ2v) is 3.64. The van der Waals surface area contributed by atoms with Gasteiger partial charge in [0.2, 0.25) is 0 Å². The fourth-order valence-corrected chi connectivity index (χ4v) is 1.05. The van der Waals surface area contributed by atoms with Crippen molar-refractivity contribution in [1.29, 1.82) is 0 Å². The van der Waals surface area contributed by atoms with Gasteiger partial charge < -0.3 is 16.0 Å². The fourth-order valence-electron chi connectivity index (χ4n) is 1.05. The summed E-state index contributed by atoms with van der Waals surface area (Å²) in [6, 6.07) is 0. The summed E-state index contributed by atoms with van der Waals surface area (Å²) in [5, 5.41) is 9.75. The lowest BCUT2D eigenvalue weighted by atomic mass is 10.2. The maximum Gasteiger partial charge on any atom is 0.0165 e. The van der Waals surface area contributed by atoms with Gasteiger partial charge in [-0.25, -0.2) is 0 Å². The molecule has 0 atom stereocenters. The summed E-state index contributed by atoms with van der Waals surface area (Å²) in [5.41, 5.74) is 2.53. The molecule has 3 heteroatoms. The van der Waals surface area contributed by atoms with Crippen LogP contribution >= 0.6 is 0 Å². The Morgan fingerprint density at radius 3 is 2.33 bits per heavy atom. The number of allylic oxidation sites excluding steroid dienone is 3. The molecule has 0 aliphatic carbocycles. The van der Waals surface area contributed by atoms with Crippen LogP contribution in [0.25, 0.3) is 0 Å². The topological polar surface area (TPSA) is 36.1 Å². The third kappa shape index (κ3) is 9.50. The van der Waals surface area contributed by atoms with E-state index < -0.39 is 0 Å². The van der Waals surface area contributed by atoms with Crippen molar-refractivity contribution >= 4 is 0 Å². The lowest BCUT2D eigenvalue weighted by molar-refractivity contribution is 0.646. The van der Waals surface area contributed by atoms with E-state index in [9.17, 15) is 0 Å². The van der Waals surface area contributed by atoms with Crippen LogP contribution in [0, 0.1) is 0 Å². The molecule has 0 rings (SSSR count). The number of hydrogen-bond acceptors (Lipinski definition) is 3. The first kappa shape index (κ1) is 14.2. The molecule has 88 valence electrons. The van der Waals surface area contributed by atoms with E-state index in [2.05, 4.69) is 48.9 Å². The molecule has 0 saturated carbocycles. The van der Waals surface area contributed by atoms with E-state index in [1.165, 1.54) is 11.3 Å². The smallest absolute Gasteiger partial charge is 0.0165 e. The van der Waals surface area contributed by atoms with Crippen LogP contribution in [-0.2, 0) is 0 Å². The van der Waals surface area contributed by atoms with Crippen LogP contribution in [0.3, 0.4) is 0 Å². The molecule has 15 heavy (non-hydrogen) atoms. The Balaban J connectivity index is 3.60. The minimum absolute atomic E-state index is 0.957. The maximum atomic E-state index is 3.38. The molecule has 0 aliphatic heterocycles. The molecule has 0 aliphatic rings. The van der Waals surface area contributed by atoms with Gasteiger partial charge in [-0.2, -0.15) is 0 Å². The molecule has 3 nitrogen and oxygen atoms in total. The SMILES string of the molecule is CCNCCNC/C(C)=C/C=C(/C)NC. The Bertz CT molecular complexity index is 207. The summed E-state index contributed by atoms with van der Waals surface area (Å²) in [4.78, 5) is 0. The van der Waals surface area contributed by atoms with Gasteiger partial charge in [0.1, 0.15) is 0 Å². The first-order chi connectivity index (χ1) is 7.20. The number of hydrogen-bond donors (Lipinski definition) is 3. The first-order valence-electron chi connectivity index (χ1n) is 5.64. The van der Waals surface area contributed by atoms with E-state index >= 15 is 0 Å². The third-order valence-electron chi connectivity index (χ3n) is 2.14. The Morgan fingerprint density at radius 1 is 1.07 bits per heavy atom. The van der Waals surface area contributed by atoms with Gasteiger partial charge in [-0.3, -0.25) is 0 Å². The van der Waals surface area contributed by atoms with E-state index in [0.29, 0.717) is 0 Å². The van der Waals surface area contributed by atoms with Gasteiger partial charge in [0, 0.05) is 32.4 Å². The highest BCUT2D eigenvalue weighted by Gasteiger charge is 1.88. The van der Waals surface area contributed by atoms with Crippen LogP contribution in [-0.4, -0.2) is 33.2 Å². The van der Waals surface area contributed by atoms with Gasteiger partial charge in [0.05, 0.1) is 0 Å². The molecule has 0 spiro atoms. The predicted molar refractivity (Wildman–Crippen MR) is 68.0 cm³/mol. The first-order valence-corrected chi connectivity index (χ1v) is 5.64. The van der Waals surface area contributed by atoms with Crippen molar-refractivity contribution in [1.82, 2.24) is 16.0 Å². The molecular formula is C12H25N3. The van der Waals surface area contributed by atoms with Crippen molar-refractivity contribution in [3.8, 4) is 0 Å². The summed E-state index contributed by atoms with van der Waals surface area (Å²) in [6.45, 7) is 10.4. The van der Waals surface area contributed by atoms with E-state index in [4.69, 9.17) is 0 Å². The highest BCUT2D eigenvalue weighted by molar-refractivity contribution is 5.15. The molecule has 0 saturated heterocycles. The Morgan fingerprint density at radius 2 is 1.73 bits per heavy atom. The van der Waals surface area contributed by atoms with Crippen molar-refractivity contribution in [2.24, 2.45) is 0 Å². The summed E-state index contributed by atoms with van der Waals surface area (Å²) in [5.74, 6) is 0. The number of nitrogens with one attached hydrogen (secondary N) is 3. The molecule has 0 unspecified atom stereocenters. The Hall–Kier alpha value is -0.800. The van der Waals surface area contributed by atoms with Crippen LogP contribution in [0.5, 0.6) is 0 Å². The second kappa shape index (κ2) is 9.74. The summed E-state index contributed by atoms with van der Waals surface area (Å²) >= 11 is 0. The Labute approximate surface area is 94.0 Å². The largest absolute Gasteiger partial charge is 0.392 e. The van der Waals surface area contributed by atoms with Gasteiger partial charge >= 0.3 is 0 Å². The highest BCUT2D eigenvalue weighted by atomic mass is 14.9. The van der Waals surface area contributed by atoms with Crippen molar-refractivity contribution in [3.05, 3.63) is 23.4 Å². The standard InChI is InChI=1S/C12H25N3/c1-5-14-8-9-15-10-11(2)6-7-12(3)13-4/h6-7,13-15H,5,8-10H2,1-4H3/b11-6+,12-7-. The van der Waals surface area contributed by atoms with Crippen LogP contribution < -0.4 is 16.0 Å². The van der Waals surface area contributed by atoms with Crippen LogP contribution in [0.2, 0.25) is 0 Å². The lowest BCUT2D eigenvalue weighted by Gasteiger charge is -2.05. The van der Waals surface area contributed by atoms with Crippen molar-refractivity contribution in [2.75, 3.05) is 33.2 Å². The molecule has 0 amide bonds. The molecule has 0 bridgehead atoms. The van der Waals surface area contributed by atoms with Gasteiger partial charge in [-0.1, -0.05) is 18.6 Å². The maximum absolute atomic E-state index is 3.38. The van der Waals surface area contributed by atoms with E-state index in [1.54, 1.807) is 0 Å². The zero-order chi connectivity index (χ0) is 11.5. The van der Waals surface area contributed by atoms with Crippen LogP contribution in [0.15, 0.2) is 23.4 Å². The van der Waals surface area contributed by atoms with Crippen molar-refractivity contribution in [3.63, 3.8) is 0 Å². The molecule has 0 heterocycles. The zero-order valence-corrected chi connectivity index (χ0v) is 10.5. The van der Waals surface area contributed by atoms with Crippen molar-refractivity contribution in [2.45, 2.75) is 20.8 Å². The zero-order valence-electron chi connectivity index (χ0n) is 10.5. The minimum atomic E-state index is 0.957. The van der Waals surface area contributed by atoms with Gasteiger partial charge in [-0.15, -0.1) is 0 Å². The molecule has 0 fully saturated rings. The molecule has 0 aromatic heterocycles. The quantitative estimate of drug-likeness (QED) is 0.418. The Kier molecular flexibility index (Phi) is 9.22. The minimum Gasteiger partial charge on any atom is -0.392 e. The lowest BCUT2D eigenvalue weighted by Crippen LogP contribution is -2.28. The van der Waals surface area contributed by atoms with E-state index in [1.807, 2.05) is 7.05 Å². The third-order valence-corrected chi connectivity index (χ3v) is 2.14. The summed E-state index contributed by atoms with van der Waals surface area (Å²) in [7, 11) is 1.93. The average molecular weight is 211 g/mol. The summed E-state index contributed by atoms with van der Waals surface area (Å²) < 4.78 is 0. The normalized spacial score (nSPS) is 13.1. The van der Waals surface area contributed by atoms with Gasteiger partial charge in [0.15, 0.2) is 0 Å². The predicted octanol–water partition coefficient (Wildman–Crippen LogP) is 1.25. The average Bonchev–Trinajstić information content (AvgIpc) is 2.25. The van der Waals surface area contributed by atoms with Crippen LogP contribution in [0.4, 0.5) is 0 Å². The van der Waals surface area contributed by atoms with Gasteiger partial charge in [-0.05, 0) is 26.5 Å². The number of rotatable bonds is 8. The summed E-state index contributed by atoms with van der Waals surface area (Å²) in [6.07, 6.45) is 4.24. The fraction of sp³-hybridized carbons (Fsp3) is 0.667. The highest BCUT2D eigenvalue weighted by Crippen LogP contribution is 1.93. The van der Waals surface area contributed by atoms with E-state index in [0.717, 1.165) is 26.2 Å². The van der Waals surface area contributed by atoms with Crippen LogP contribution in [0.1, 0.15) is 20.8 Å².